The van der Waals surface area contributed by atoms with Gasteiger partial charge in [0.15, 0.2) is 0 Å². The molecule has 1 nitrogen and oxygen atoms in total. The van der Waals surface area contributed by atoms with Crippen LogP contribution in [0.4, 0.5) is 0 Å². The predicted octanol–water partition coefficient (Wildman–Crippen LogP) is 6.19. The molecule has 0 amide bonds. The highest BCUT2D eigenvalue weighted by molar-refractivity contribution is 8.21. The Morgan fingerprint density at radius 2 is 1.92 bits per heavy atom. The Kier molecular flexibility index (Phi) is 3.76. The number of nitrogens with zero attached hydrogens (tertiary/aromatic N) is 1. The standard InChI is InChI=1S/C22H29NS2/c1-20-8-7-19-17(18(20)6-4-16(20)14-23)5-3-15-13-22(24-11-12-25-22)10-9-21(15,19)2/h7,13,16-18H,3-6,8-12H2,1-2H3/t16?,17?,18?,20-,21?/m1/s1. The first kappa shape index (κ1) is 16.8. The van der Waals surface area contributed by atoms with E-state index in [2.05, 4.69) is 55.6 Å². The Morgan fingerprint density at radius 3 is 2.68 bits per heavy atom. The molecule has 25 heavy (non-hydrogen) atoms. The number of allylic oxidation sites excluding steroid dienone is 3. The Balaban J connectivity index is 1.52. The summed E-state index contributed by atoms with van der Waals surface area (Å²) in [5.74, 6) is 4.43. The van der Waals surface area contributed by atoms with Crippen LogP contribution in [0.5, 0.6) is 0 Å². The lowest BCUT2D eigenvalue weighted by atomic mass is 9.51. The van der Waals surface area contributed by atoms with Gasteiger partial charge in [-0.1, -0.05) is 37.1 Å². The van der Waals surface area contributed by atoms with Gasteiger partial charge in [0.2, 0.25) is 0 Å². The van der Waals surface area contributed by atoms with Gasteiger partial charge in [-0.05, 0) is 62.2 Å². The van der Waals surface area contributed by atoms with Crippen molar-refractivity contribution < 1.29 is 0 Å². The van der Waals surface area contributed by atoms with Crippen LogP contribution in [0.2, 0.25) is 0 Å². The third-order valence-corrected chi connectivity index (χ3v) is 11.8. The van der Waals surface area contributed by atoms with Gasteiger partial charge in [0.1, 0.15) is 0 Å². The fraction of sp³-hybridized carbons (Fsp3) is 0.773. The minimum atomic E-state index is 0.244. The van der Waals surface area contributed by atoms with E-state index in [9.17, 15) is 5.26 Å². The van der Waals surface area contributed by atoms with Crippen molar-refractivity contribution in [3.8, 4) is 6.07 Å². The maximum Gasteiger partial charge on any atom is 0.0795 e. The van der Waals surface area contributed by atoms with Crippen LogP contribution >= 0.6 is 23.5 Å². The molecule has 5 rings (SSSR count). The van der Waals surface area contributed by atoms with E-state index in [1.807, 2.05) is 0 Å². The van der Waals surface area contributed by atoms with Gasteiger partial charge in [0, 0.05) is 16.9 Å². The molecule has 0 radical (unpaired) electrons. The Bertz CT molecular complexity index is 695. The predicted molar refractivity (Wildman–Crippen MR) is 108 cm³/mol. The van der Waals surface area contributed by atoms with Gasteiger partial charge in [-0.25, -0.2) is 0 Å². The molecule has 134 valence electrons. The highest BCUT2D eigenvalue weighted by Gasteiger charge is 2.57. The average molecular weight is 372 g/mol. The second kappa shape index (κ2) is 5.59. The first-order chi connectivity index (χ1) is 12.0. The fourth-order valence-corrected chi connectivity index (χ4v) is 10.0. The van der Waals surface area contributed by atoms with Crippen LogP contribution in [0.15, 0.2) is 23.3 Å². The molecule has 1 saturated heterocycles. The summed E-state index contributed by atoms with van der Waals surface area (Å²) >= 11 is 4.40. The normalized spacial score (nSPS) is 47.3. The van der Waals surface area contributed by atoms with E-state index in [-0.39, 0.29) is 11.3 Å². The largest absolute Gasteiger partial charge is 0.198 e. The zero-order valence-corrected chi connectivity index (χ0v) is 17.1. The van der Waals surface area contributed by atoms with Crippen LogP contribution in [0.3, 0.4) is 0 Å². The van der Waals surface area contributed by atoms with Crippen molar-refractivity contribution in [2.45, 2.75) is 62.9 Å². The van der Waals surface area contributed by atoms with E-state index in [1.165, 1.54) is 43.6 Å². The van der Waals surface area contributed by atoms with Gasteiger partial charge in [-0.15, -0.1) is 23.5 Å². The Morgan fingerprint density at radius 1 is 1.12 bits per heavy atom. The van der Waals surface area contributed by atoms with Crippen molar-refractivity contribution in [3.05, 3.63) is 23.3 Å². The fourth-order valence-electron chi connectivity index (χ4n) is 6.89. The number of hydrogen-bond acceptors (Lipinski definition) is 3. The molecule has 1 aliphatic heterocycles. The van der Waals surface area contributed by atoms with Crippen molar-refractivity contribution >= 4 is 23.5 Å². The molecule has 5 aliphatic rings. The van der Waals surface area contributed by atoms with Gasteiger partial charge in [-0.3, -0.25) is 0 Å². The summed E-state index contributed by atoms with van der Waals surface area (Å²) in [6.45, 7) is 4.97. The molecule has 5 atom stereocenters. The van der Waals surface area contributed by atoms with Crippen LogP contribution in [0.1, 0.15) is 58.8 Å². The van der Waals surface area contributed by atoms with E-state index in [0.717, 1.165) is 24.7 Å². The zero-order chi connectivity index (χ0) is 17.3. The summed E-state index contributed by atoms with van der Waals surface area (Å²) < 4.78 is 0.407. The number of rotatable bonds is 0. The average Bonchev–Trinajstić information content (AvgIpc) is 3.19. The summed E-state index contributed by atoms with van der Waals surface area (Å²) in [6.07, 6.45) is 14.2. The third kappa shape index (κ3) is 2.23. The summed E-state index contributed by atoms with van der Waals surface area (Å²) in [4.78, 5) is 0. The highest BCUT2D eigenvalue weighted by Crippen LogP contribution is 2.66. The van der Waals surface area contributed by atoms with Gasteiger partial charge in [0.25, 0.3) is 0 Å². The van der Waals surface area contributed by atoms with Crippen molar-refractivity contribution in [2.24, 2.45) is 28.6 Å². The SMILES string of the molecule is CC12CCC3(C=C1CCC1C2=CC[C@]2(C)C(C#N)CCC12)SCCS3. The molecular formula is C22H29NS2. The van der Waals surface area contributed by atoms with Crippen LogP contribution < -0.4 is 0 Å². The monoisotopic (exact) mass is 371 g/mol. The smallest absolute Gasteiger partial charge is 0.0795 e. The summed E-state index contributed by atoms with van der Waals surface area (Å²) in [7, 11) is 0. The van der Waals surface area contributed by atoms with Crippen molar-refractivity contribution in [3.63, 3.8) is 0 Å². The summed E-state index contributed by atoms with van der Waals surface area (Å²) in [5, 5.41) is 9.64. The van der Waals surface area contributed by atoms with E-state index in [0.29, 0.717) is 9.49 Å². The molecule has 0 bridgehead atoms. The van der Waals surface area contributed by atoms with Crippen LogP contribution in [0.25, 0.3) is 0 Å². The van der Waals surface area contributed by atoms with E-state index < -0.39 is 0 Å². The lowest BCUT2D eigenvalue weighted by Crippen LogP contribution is -2.45. The number of fused-ring (bicyclic) bond motifs is 5. The van der Waals surface area contributed by atoms with Crippen LogP contribution in [0, 0.1) is 39.9 Å². The molecule has 3 fully saturated rings. The molecular weight excluding hydrogens is 342 g/mol. The van der Waals surface area contributed by atoms with E-state index >= 15 is 0 Å². The summed E-state index contributed by atoms with van der Waals surface area (Å²) in [5.41, 5.74) is 4.09. The Labute approximate surface area is 161 Å². The minimum Gasteiger partial charge on any atom is -0.198 e. The molecule has 0 aromatic carbocycles. The zero-order valence-electron chi connectivity index (χ0n) is 15.5. The molecule has 1 heterocycles. The first-order valence-corrected chi connectivity index (χ1v) is 12.1. The number of hydrogen-bond donors (Lipinski definition) is 0. The quantitative estimate of drug-likeness (QED) is 0.475. The van der Waals surface area contributed by atoms with Gasteiger partial charge in [0.05, 0.1) is 16.1 Å². The second-order valence-corrected chi connectivity index (χ2v) is 12.5. The molecule has 0 N–H and O–H groups in total. The lowest BCUT2D eigenvalue weighted by Gasteiger charge is -2.54. The maximum atomic E-state index is 9.64. The highest BCUT2D eigenvalue weighted by atomic mass is 32.2. The first-order valence-electron chi connectivity index (χ1n) is 10.1. The molecule has 4 aliphatic carbocycles. The molecule has 4 unspecified atom stereocenters. The van der Waals surface area contributed by atoms with Crippen molar-refractivity contribution in [1.29, 1.82) is 5.26 Å². The van der Waals surface area contributed by atoms with Gasteiger partial charge < -0.3 is 0 Å². The minimum absolute atomic E-state index is 0.244. The maximum absolute atomic E-state index is 9.64. The van der Waals surface area contributed by atoms with E-state index in [4.69, 9.17) is 0 Å². The molecule has 3 heteroatoms. The third-order valence-electron chi connectivity index (χ3n) is 8.43. The topological polar surface area (TPSA) is 23.8 Å². The van der Waals surface area contributed by atoms with Gasteiger partial charge >= 0.3 is 0 Å². The molecule has 2 saturated carbocycles. The number of thioether (sulfide) groups is 2. The molecule has 0 aromatic heterocycles. The summed E-state index contributed by atoms with van der Waals surface area (Å²) in [6, 6.07) is 2.65. The lowest BCUT2D eigenvalue weighted by molar-refractivity contribution is 0.101. The van der Waals surface area contributed by atoms with Gasteiger partial charge in [-0.2, -0.15) is 5.26 Å². The second-order valence-electron chi connectivity index (χ2n) is 9.39. The van der Waals surface area contributed by atoms with Crippen LogP contribution in [-0.2, 0) is 0 Å². The molecule has 0 aromatic rings. The Hall–Kier alpha value is -0.330. The van der Waals surface area contributed by atoms with Crippen molar-refractivity contribution in [1.82, 2.24) is 0 Å². The van der Waals surface area contributed by atoms with Crippen molar-refractivity contribution in [2.75, 3.05) is 11.5 Å². The number of nitriles is 1. The van der Waals surface area contributed by atoms with Crippen LogP contribution in [-0.4, -0.2) is 15.6 Å². The molecule has 1 spiro atoms. The van der Waals surface area contributed by atoms with E-state index in [1.54, 1.807) is 11.1 Å².